The molecule has 0 aliphatic carbocycles. The van der Waals surface area contributed by atoms with Gasteiger partial charge in [0, 0.05) is 11.6 Å². The zero-order valence-electron chi connectivity index (χ0n) is 9.04. The molecule has 88 valence electrons. The molecule has 2 rings (SSSR count). The van der Waals surface area contributed by atoms with Crippen LogP contribution in [0.2, 0.25) is 0 Å². The SMILES string of the molecule is N#Cc1c(NC(=O)C(=O)O)ccc2ncccc12. The summed E-state index contributed by atoms with van der Waals surface area (Å²) in [5, 5.41) is 20.3. The molecule has 0 saturated carbocycles. The van der Waals surface area contributed by atoms with Crippen molar-refractivity contribution in [3.63, 3.8) is 0 Å². The number of carboxylic acids is 1. The van der Waals surface area contributed by atoms with E-state index in [4.69, 9.17) is 10.4 Å². The number of pyridine rings is 1. The Hall–Kier alpha value is -2.94. The molecule has 0 radical (unpaired) electrons. The third-order valence-corrected chi connectivity index (χ3v) is 2.34. The van der Waals surface area contributed by atoms with E-state index in [0.29, 0.717) is 10.9 Å². The lowest BCUT2D eigenvalue weighted by Crippen LogP contribution is -2.22. The molecule has 6 nitrogen and oxygen atoms in total. The summed E-state index contributed by atoms with van der Waals surface area (Å²) in [5.41, 5.74) is 0.947. The van der Waals surface area contributed by atoms with Crippen molar-refractivity contribution >= 4 is 28.5 Å². The van der Waals surface area contributed by atoms with Crippen LogP contribution in [0.25, 0.3) is 10.9 Å². The van der Waals surface area contributed by atoms with Crippen molar-refractivity contribution in [2.45, 2.75) is 0 Å². The number of fused-ring (bicyclic) bond motifs is 1. The number of nitrogens with zero attached hydrogens (tertiary/aromatic N) is 2. The van der Waals surface area contributed by atoms with Crippen molar-refractivity contribution < 1.29 is 14.7 Å². The van der Waals surface area contributed by atoms with E-state index >= 15 is 0 Å². The topological polar surface area (TPSA) is 103 Å². The van der Waals surface area contributed by atoms with E-state index < -0.39 is 11.9 Å². The standard InChI is InChI=1S/C12H7N3O3/c13-6-8-7-2-1-5-14-9(7)3-4-10(8)15-11(16)12(17)18/h1-5H,(H,15,16)(H,17,18). The normalized spacial score (nSPS) is 9.72. The molecule has 0 aliphatic rings. The molecule has 0 saturated heterocycles. The largest absolute Gasteiger partial charge is 0.474 e. The molecule has 0 fully saturated rings. The zero-order chi connectivity index (χ0) is 13.1. The first-order valence-corrected chi connectivity index (χ1v) is 4.95. The van der Waals surface area contributed by atoms with Crippen LogP contribution in [-0.4, -0.2) is 22.0 Å². The molecule has 0 bridgehead atoms. The Bertz CT molecular complexity index is 689. The average Bonchev–Trinajstić information content (AvgIpc) is 2.38. The summed E-state index contributed by atoms with van der Waals surface area (Å²) >= 11 is 0. The van der Waals surface area contributed by atoms with Crippen molar-refractivity contribution in [2.75, 3.05) is 5.32 Å². The fourth-order valence-corrected chi connectivity index (χ4v) is 1.55. The minimum absolute atomic E-state index is 0.158. The second kappa shape index (κ2) is 4.51. The first-order valence-electron chi connectivity index (χ1n) is 4.95. The van der Waals surface area contributed by atoms with Gasteiger partial charge in [-0.2, -0.15) is 5.26 Å². The van der Waals surface area contributed by atoms with E-state index in [1.54, 1.807) is 24.4 Å². The van der Waals surface area contributed by atoms with Gasteiger partial charge in [0.25, 0.3) is 0 Å². The lowest BCUT2D eigenvalue weighted by molar-refractivity contribution is -0.147. The molecule has 0 unspecified atom stereocenters. The van der Waals surface area contributed by atoms with Crippen LogP contribution in [-0.2, 0) is 9.59 Å². The number of aromatic nitrogens is 1. The van der Waals surface area contributed by atoms with Crippen molar-refractivity contribution in [3.8, 4) is 6.07 Å². The summed E-state index contributed by atoms with van der Waals surface area (Å²) in [5.74, 6) is -2.79. The number of aliphatic carboxylic acids is 1. The maximum absolute atomic E-state index is 11.1. The summed E-state index contributed by atoms with van der Waals surface area (Å²) in [6.45, 7) is 0. The van der Waals surface area contributed by atoms with E-state index in [-0.39, 0.29) is 11.3 Å². The van der Waals surface area contributed by atoms with Crippen molar-refractivity contribution in [1.29, 1.82) is 5.26 Å². The fourth-order valence-electron chi connectivity index (χ4n) is 1.55. The van der Waals surface area contributed by atoms with Gasteiger partial charge in [0.1, 0.15) is 6.07 Å². The van der Waals surface area contributed by atoms with E-state index in [2.05, 4.69) is 10.3 Å². The second-order valence-electron chi connectivity index (χ2n) is 3.43. The minimum Gasteiger partial charge on any atom is -0.474 e. The predicted octanol–water partition coefficient (Wildman–Crippen LogP) is 1.13. The number of anilines is 1. The van der Waals surface area contributed by atoms with Crippen molar-refractivity contribution in [3.05, 3.63) is 36.0 Å². The van der Waals surface area contributed by atoms with Crippen LogP contribution in [0.3, 0.4) is 0 Å². The van der Waals surface area contributed by atoms with E-state index in [1.807, 2.05) is 6.07 Å². The van der Waals surface area contributed by atoms with Crippen LogP contribution in [0.5, 0.6) is 0 Å². The number of benzene rings is 1. The van der Waals surface area contributed by atoms with Gasteiger partial charge in [0.05, 0.1) is 16.8 Å². The van der Waals surface area contributed by atoms with Crippen molar-refractivity contribution in [1.82, 2.24) is 4.98 Å². The van der Waals surface area contributed by atoms with Gasteiger partial charge in [-0.15, -0.1) is 0 Å². The highest BCUT2D eigenvalue weighted by atomic mass is 16.4. The molecule has 1 aromatic heterocycles. The Labute approximate surface area is 101 Å². The molecule has 0 spiro atoms. The molecular weight excluding hydrogens is 234 g/mol. The van der Waals surface area contributed by atoms with Crippen LogP contribution >= 0.6 is 0 Å². The molecule has 6 heteroatoms. The molecule has 1 amide bonds. The Balaban J connectivity index is 2.56. The molecule has 18 heavy (non-hydrogen) atoms. The van der Waals surface area contributed by atoms with Crippen LogP contribution in [0.4, 0.5) is 5.69 Å². The summed E-state index contributed by atoms with van der Waals surface area (Å²) in [6.07, 6.45) is 1.58. The summed E-state index contributed by atoms with van der Waals surface area (Å²) in [7, 11) is 0. The molecule has 0 atom stereocenters. The average molecular weight is 241 g/mol. The number of nitriles is 1. The Kier molecular flexibility index (Phi) is 2.89. The summed E-state index contributed by atoms with van der Waals surface area (Å²) in [6, 6.07) is 8.33. The third-order valence-electron chi connectivity index (χ3n) is 2.34. The predicted molar refractivity (Wildman–Crippen MR) is 62.7 cm³/mol. The lowest BCUT2D eigenvalue weighted by atomic mass is 10.1. The second-order valence-corrected chi connectivity index (χ2v) is 3.43. The van der Waals surface area contributed by atoms with Gasteiger partial charge in [-0.1, -0.05) is 0 Å². The van der Waals surface area contributed by atoms with Gasteiger partial charge in [-0.3, -0.25) is 9.78 Å². The fraction of sp³-hybridized carbons (Fsp3) is 0. The molecule has 0 aliphatic heterocycles. The van der Waals surface area contributed by atoms with Gasteiger partial charge in [0.2, 0.25) is 0 Å². The lowest BCUT2D eigenvalue weighted by Gasteiger charge is -2.06. The van der Waals surface area contributed by atoms with Gasteiger partial charge in [-0.25, -0.2) is 4.79 Å². The number of hydrogen-bond donors (Lipinski definition) is 2. The molecule has 1 aromatic carbocycles. The Morgan fingerprint density at radius 2 is 2.11 bits per heavy atom. The maximum atomic E-state index is 11.1. The number of nitrogens with one attached hydrogen (secondary N) is 1. The number of rotatable bonds is 1. The minimum atomic E-state index is -1.61. The maximum Gasteiger partial charge on any atom is 0.394 e. The molecule has 1 heterocycles. The number of carboxylic acid groups (broad SMARTS) is 1. The zero-order valence-corrected chi connectivity index (χ0v) is 9.04. The molecule has 2 N–H and O–H groups in total. The number of amides is 1. The number of hydrogen-bond acceptors (Lipinski definition) is 4. The van der Waals surface area contributed by atoms with Crippen LogP contribution in [0, 0.1) is 11.3 Å². The third kappa shape index (κ3) is 1.97. The van der Waals surface area contributed by atoms with Crippen LogP contribution < -0.4 is 5.32 Å². The van der Waals surface area contributed by atoms with Gasteiger partial charge in [0.15, 0.2) is 0 Å². The van der Waals surface area contributed by atoms with E-state index in [9.17, 15) is 9.59 Å². The first-order chi connectivity index (χ1) is 8.63. The quantitative estimate of drug-likeness (QED) is 0.728. The molecule has 2 aromatic rings. The smallest absolute Gasteiger partial charge is 0.394 e. The Morgan fingerprint density at radius 1 is 1.33 bits per heavy atom. The molecular formula is C12H7N3O3. The number of carbonyl (C=O) groups is 2. The van der Waals surface area contributed by atoms with E-state index in [1.165, 1.54) is 6.07 Å². The highest BCUT2D eigenvalue weighted by molar-refractivity contribution is 6.36. The van der Waals surface area contributed by atoms with Crippen LogP contribution in [0.1, 0.15) is 5.56 Å². The van der Waals surface area contributed by atoms with Gasteiger partial charge >= 0.3 is 11.9 Å². The summed E-state index contributed by atoms with van der Waals surface area (Å²) in [4.78, 5) is 25.6. The highest BCUT2D eigenvalue weighted by Gasteiger charge is 2.15. The number of carbonyl (C=O) groups excluding carboxylic acids is 1. The highest BCUT2D eigenvalue weighted by Crippen LogP contribution is 2.24. The van der Waals surface area contributed by atoms with Gasteiger partial charge < -0.3 is 10.4 Å². The Morgan fingerprint density at radius 3 is 2.78 bits per heavy atom. The summed E-state index contributed by atoms with van der Waals surface area (Å²) < 4.78 is 0. The van der Waals surface area contributed by atoms with Crippen molar-refractivity contribution in [2.24, 2.45) is 0 Å². The first kappa shape index (κ1) is 11.5. The van der Waals surface area contributed by atoms with Crippen LogP contribution in [0.15, 0.2) is 30.5 Å². The monoisotopic (exact) mass is 241 g/mol. The van der Waals surface area contributed by atoms with Gasteiger partial charge in [-0.05, 0) is 24.3 Å². The van der Waals surface area contributed by atoms with E-state index in [0.717, 1.165) is 0 Å².